The number of nitrogens with zero attached hydrogens (tertiary/aromatic N) is 1. The minimum Gasteiger partial charge on any atom is -0.388 e. The average Bonchev–Trinajstić information content (AvgIpc) is 3.01. The van der Waals surface area contributed by atoms with Crippen LogP contribution in [0.1, 0.15) is 55.3 Å². The molecule has 2 aliphatic heterocycles. The molecular formula is C19H28N2O4S. The molecule has 0 saturated carbocycles. The molecule has 1 aromatic rings. The van der Waals surface area contributed by atoms with Gasteiger partial charge in [-0.25, -0.2) is 0 Å². The Morgan fingerprint density at radius 3 is 2.62 bits per heavy atom. The summed E-state index contributed by atoms with van der Waals surface area (Å²) in [6, 6.07) is 1.62. The van der Waals surface area contributed by atoms with Crippen molar-refractivity contribution < 1.29 is 19.4 Å². The summed E-state index contributed by atoms with van der Waals surface area (Å²) < 4.78 is 6.15. The van der Waals surface area contributed by atoms with Crippen LogP contribution in [-0.2, 0) is 16.1 Å². The molecule has 26 heavy (non-hydrogen) atoms. The fourth-order valence-electron chi connectivity index (χ4n) is 4.05. The standard InChI is InChI=1S/C19H28N2O4S/c1-13(22)16-8-15(11-26-16)9-21-6-4-19(5-7-21)12-18(3,24)17(10-25-19)20-14(2)23/h8,11,17,24H,4-7,9-10,12H2,1-3H3,(H,20,23)/t17-,18-/m0/s1. The number of ether oxygens (including phenoxy) is 1. The summed E-state index contributed by atoms with van der Waals surface area (Å²) in [7, 11) is 0. The molecule has 0 aliphatic carbocycles. The molecule has 0 aromatic carbocycles. The summed E-state index contributed by atoms with van der Waals surface area (Å²) in [6.45, 7) is 7.82. The monoisotopic (exact) mass is 380 g/mol. The van der Waals surface area contributed by atoms with Crippen LogP contribution in [0.3, 0.4) is 0 Å². The molecule has 2 fully saturated rings. The third-order valence-electron chi connectivity index (χ3n) is 5.54. The van der Waals surface area contributed by atoms with Gasteiger partial charge in [0.25, 0.3) is 0 Å². The van der Waals surface area contributed by atoms with E-state index in [1.54, 1.807) is 13.8 Å². The first kappa shape index (κ1) is 19.5. The lowest BCUT2D eigenvalue weighted by Gasteiger charge is -2.51. The molecule has 3 heterocycles. The van der Waals surface area contributed by atoms with Crippen LogP contribution in [0, 0.1) is 0 Å². The van der Waals surface area contributed by atoms with Crippen LogP contribution in [0.25, 0.3) is 0 Å². The van der Waals surface area contributed by atoms with E-state index in [2.05, 4.69) is 15.6 Å². The molecule has 0 bridgehead atoms. The summed E-state index contributed by atoms with van der Waals surface area (Å²) in [5.41, 5.74) is -0.0947. The number of hydrogen-bond donors (Lipinski definition) is 2. The Labute approximate surface area is 158 Å². The fraction of sp³-hybridized carbons (Fsp3) is 0.684. The highest BCUT2D eigenvalue weighted by Crippen LogP contribution is 2.39. The first-order chi connectivity index (χ1) is 12.2. The van der Waals surface area contributed by atoms with E-state index < -0.39 is 5.60 Å². The fourth-order valence-corrected chi connectivity index (χ4v) is 4.86. The number of amides is 1. The minimum absolute atomic E-state index is 0.116. The van der Waals surface area contributed by atoms with Crippen molar-refractivity contribution in [3.05, 3.63) is 21.9 Å². The van der Waals surface area contributed by atoms with Crippen LogP contribution in [-0.4, -0.2) is 58.6 Å². The van der Waals surface area contributed by atoms with E-state index in [1.165, 1.54) is 23.8 Å². The number of aliphatic hydroxyl groups is 1. The van der Waals surface area contributed by atoms with Crippen molar-refractivity contribution in [1.82, 2.24) is 10.2 Å². The zero-order valence-electron chi connectivity index (χ0n) is 15.7. The summed E-state index contributed by atoms with van der Waals surface area (Å²) in [4.78, 5) is 25.9. The minimum atomic E-state index is -0.962. The number of carbonyl (C=O) groups excluding carboxylic acids is 2. The molecular weight excluding hydrogens is 352 g/mol. The second-order valence-electron chi connectivity index (χ2n) is 7.93. The number of likely N-dealkylation sites (tertiary alicyclic amines) is 1. The molecule has 6 nitrogen and oxygen atoms in total. The third kappa shape index (κ3) is 4.34. The summed E-state index contributed by atoms with van der Waals surface area (Å²) in [6.07, 6.45) is 2.25. The predicted octanol–water partition coefficient (Wildman–Crippen LogP) is 1.96. The van der Waals surface area contributed by atoms with E-state index in [1.807, 2.05) is 6.07 Å². The van der Waals surface area contributed by atoms with Crippen LogP contribution in [0.4, 0.5) is 0 Å². The molecule has 0 radical (unpaired) electrons. The Hall–Kier alpha value is -1.28. The third-order valence-corrected chi connectivity index (χ3v) is 6.62. The van der Waals surface area contributed by atoms with Crippen LogP contribution in [0.15, 0.2) is 11.4 Å². The molecule has 0 unspecified atom stereocenters. The quantitative estimate of drug-likeness (QED) is 0.781. The van der Waals surface area contributed by atoms with Gasteiger partial charge in [0.1, 0.15) is 0 Å². The summed E-state index contributed by atoms with van der Waals surface area (Å²) in [5, 5.41) is 15.7. The lowest BCUT2D eigenvalue weighted by Crippen LogP contribution is -2.63. The maximum atomic E-state index is 11.4. The number of rotatable bonds is 4. The second kappa shape index (κ2) is 7.38. The van der Waals surface area contributed by atoms with Crippen molar-refractivity contribution in [2.75, 3.05) is 19.7 Å². The van der Waals surface area contributed by atoms with Gasteiger partial charge < -0.3 is 15.2 Å². The predicted molar refractivity (Wildman–Crippen MR) is 100 cm³/mol. The Morgan fingerprint density at radius 2 is 2.08 bits per heavy atom. The lowest BCUT2D eigenvalue weighted by atomic mass is 9.75. The van der Waals surface area contributed by atoms with Crippen molar-refractivity contribution in [1.29, 1.82) is 0 Å². The van der Waals surface area contributed by atoms with E-state index in [0.29, 0.717) is 13.0 Å². The average molecular weight is 381 g/mol. The molecule has 3 rings (SSSR count). The Morgan fingerprint density at radius 1 is 1.38 bits per heavy atom. The number of ketones is 1. The Kier molecular flexibility index (Phi) is 5.53. The Balaban J connectivity index is 1.56. The van der Waals surface area contributed by atoms with Crippen molar-refractivity contribution in [3.63, 3.8) is 0 Å². The second-order valence-corrected chi connectivity index (χ2v) is 8.84. The molecule has 2 saturated heterocycles. The van der Waals surface area contributed by atoms with E-state index in [4.69, 9.17) is 4.74 Å². The first-order valence-electron chi connectivity index (χ1n) is 9.13. The Bertz CT molecular complexity index is 677. The van der Waals surface area contributed by atoms with Gasteiger partial charge in [-0.15, -0.1) is 11.3 Å². The number of carbonyl (C=O) groups is 2. The topological polar surface area (TPSA) is 78.9 Å². The van der Waals surface area contributed by atoms with E-state index >= 15 is 0 Å². The van der Waals surface area contributed by atoms with Crippen molar-refractivity contribution >= 4 is 23.0 Å². The maximum absolute atomic E-state index is 11.4. The molecule has 2 aliphatic rings. The van der Waals surface area contributed by atoms with Gasteiger partial charge in [0, 0.05) is 33.0 Å². The van der Waals surface area contributed by atoms with Gasteiger partial charge in [-0.3, -0.25) is 14.5 Å². The van der Waals surface area contributed by atoms with Crippen molar-refractivity contribution in [2.24, 2.45) is 0 Å². The van der Waals surface area contributed by atoms with Crippen molar-refractivity contribution in [3.8, 4) is 0 Å². The van der Waals surface area contributed by atoms with Gasteiger partial charge in [0.15, 0.2) is 5.78 Å². The SMILES string of the molecule is CC(=O)N[C@H]1COC2(CCN(Cc3csc(C(C)=O)c3)CC2)C[C@]1(C)O. The number of thiophene rings is 1. The molecule has 1 spiro atoms. The molecule has 144 valence electrons. The van der Waals surface area contributed by atoms with E-state index in [0.717, 1.165) is 37.4 Å². The van der Waals surface area contributed by atoms with E-state index in [9.17, 15) is 14.7 Å². The zero-order valence-corrected chi connectivity index (χ0v) is 16.5. The number of hydrogen-bond acceptors (Lipinski definition) is 6. The number of Topliss-reactive ketones (excluding diaryl/α,β-unsaturated/α-hetero) is 1. The highest BCUT2D eigenvalue weighted by Gasteiger charge is 2.49. The van der Waals surface area contributed by atoms with Gasteiger partial charge >= 0.3 is 0 Å². The van der Waals surface area contributed by atoms with Gasteiger partial charge in [0.05, 0.1) is 28.7 Å². The lowest BCUT2D eigenvalue weighted by molar-refractivity contribution is -0.189. The van der Waals surface area contributed by atoms with Gasteiger partial charge in [-0.2, -0.15) is 0 Å². The highest BCUT2D eigenvalue weighted by atomic mass is 32.1. The summed E-state index contributed by atoms with van der Waals surface area (Å²) >= 11 is 1.50. The smallest absolute Gasteiger partial charge is 0.217 e. The molecule has 2 atom stereocenters. The normalized spacial score (nSPS) is 28.8. The zero-order chi connectivity index (χ0) is 18.9. The summed E-state index contributed by atoms with van der Waals surface area (Å²) in [5.74, 6) is -0.0317. The molecule has 1 amide bonds. The number of piperidine rings is 1. The van der Waals surface area contributed by atoms with Crippen molar-refractivity contribution in [2.45, 2.75) is 63.8 Å². The highest BCUT2D eigenvalue weighted by molar-refractivity contribution is 7.12. The number of nitrogens with one attached hydrogen (secondary N) is 1. The largest absolute Gasteiger partial charge is 0.388 e. The van der Waals surface area contributed by atoms with Crippen LogP contribution < -0.4 is 5.32 Å². The first-order valence-corrected chi connectivity index (χ1v) is 10.0. The molecule has 1 aromatic heterocycles. The molecule has 7 heteroatoms. The van der Waals surface area contributed by atoms with E-state index in [-0.39, 0.29) is 23.3 Å². The van der Waals surface area contributed by atoms with Crippen LogP contribution in [0.5, 0.6) is 0 Å². The molecule has 2 N–H and O–H groups in total. The van der Waals surface area contributed by atoms with Gasteiger partial charge in [-0.1, -0.05) is 0 Å². The van der Waals surface area contributed by atoms with Gasteiger partial charge in [0.2, 0.25) is 5.91 Å². The van der Waals surface area contributed by atoms with Crippen LogP contribution in [0.2, 0.25) is 0 Å². The maximum Gasteiger partial charge on any atom is 0.217 e. The van der Waals surface area contributed by atoms with Gasteiger partial charge in [-0.05, 0) is 43.7 Å². The van der Waals surface area contributed by atoms with Crippen LogP contribution >= 0.6 is 11.3 Å².